The molecule has 2 aromatic carbocycles. The summed E-state index contributed by atoms with van der Waals surface area (Å²) >= 11 is 0. The highest BCUT2D eigenvalue weighted by molar-refractivity contribution is 7.91. The highest BCUT2D eigenvalue weighted by Crippen LogP contribution is 2.45. The molecule has 1 amide bonds. The lowest BCUT2D eigenvalue weighted by atomic mass is 9.81. The van der Waals surface area contributed by atoms with Gasteiger partial charge in [0.15, 0.2) is 15.7 Å². The van der Waals surface area contributed by atoms with E-state index in [2.05, 4.69) is 10.2 Å². The molecular weight excluding hydrogens is 559 g/mol. The molecule has 0 bridgehead atoms. The topological polar surface area (TPSA) is 112 Å². The second-order valence-corrected chi connectivity index (χ2v) is 12.8. The predicted molar refractivity (Wildman–Crippen MR) is 149 cm³/mol. The monoisotopic (exact) mass is 593 g/mol. The first-order chi connectivity index (χ1) is 19.2. The summed E-state index contributed by atoms with van der Waals surface area (Å²) in [4.78, 5) is 15.1. The molecule has 1 fully saturated rings. The molecule has 0 spiro atoms. The molecule has 8 nitrogen and oxygen atoms in total. The highest BCUT2D eigenvalue weighted by Gasteiger charge is 2.39. The van der Waals surface area contributed by atoms with Crippen molar-refractivity contribution in [2.24, 2.45) is 5.92 Å². The van der Waals surface area contributed by atoms with Crippen LogP contribution in [0.1, 0.15) is 55.1 Å². The molecule has 1 aromatic heterocycles. The van der Waals surface area contributed by atoms with E-state index in [0.29, 0.717) is 25.3 Å². The van der Waals surface area contributed by atoms with Gasteiger partial charge in [0.1, 0.15) is 5.69 Å². The van der Waals surface area contributed by atoms with Crippen LogP contribution in [0.15, 0.2) is 65.6 Å². The van der Waals surface area contributed by atoms with Crippen LogP contribution in [-0.2, 0) is 16.0 Å². The maximum Gasteiger partial charge on any atom is 0.416 e. The quantitative estimate of drug-likeness (QED) is 0.309. The van der Waals surface area contributed by atoms with Gasteiger partial charge in [-0.15, -0.1) is 0 Å². The van der Waals surface area contributed by atoms with Gasteiger partial charge >= 0.3 is 6.18 Å². The second kappa shape index (κ2) is 11.8. The Bertz CT molecular complexity index is 1490. The van der Waals surface area contributed by atoms with Gasteiger partial charge in [-0.3, -0.25) is 9.36 Å². The van der Waals surface area contributed by atoms with Crippen LogP contribution in [0, 0.1) is 5.92 Å². The molecule has 0 unspecified atom stereocenters. The average Bonchev–Trinajstić information content (AvgIpc) is 3.20. The second-order valence-electron chi connectivity index (χ2n) is 10.8. The molecule has 1 saturated carbocycles. The van der Waals surface area contributed by atoms with Gasteiger partial charge in [0.05, 0.1) is 16.2 Å². The third-order valence-corrected chi connectivity index (χ3v) is 9.72. The Morgan fingerprint density at radius 2 is 1.76 bits per heavy atom. The minimum Gasteiger partial charge on any atom is -0.494 e. The van der Waals surface area contributed by atoms with Crippen LogP contribution in [-0.4, -0.2) is 58.9 Å². The molecule has 222 valence electrons. The fourth-order valence-electron chi connectivity index (χ4n) is 5.49. The summed E-state index contributed by atoms with van der Waals surface area (Å²) in [7, 11) is -1.74. The summed E-state index contributed by atoms with van der Waals surface area (Å²) in [6.07, 6.45) is -3.05. The molecule has 1 aliphatic carbocycles. The molecule has 0 saturated heterocycles. The molecule has 12 heteroatoms. The molecule has 3 aromatic rings. The van der Waals surface area contributed by atoms with Crippen molar-refractivity contribution in [3.8, 4) is 11.8 Å². The number of alkyl halides is 3. The summed E-state index contributed by atoms with van der Waals surface area (Å²) < 4.78 is 67.3. The number of nitrogens with one attached hydrogen (secondary N) is 1. The van der Waals surface area contributed by atoms with Crippen molar-refractivity contribution in [3.05, 3.63) is 71.8 Å². The number of benzene rings is 2. The normalized spacial score (nSPS) is 20.0. The molecule has 0 aliphatic heterocycles. The van der Waals surface area contributed by atoms with Crippen molar-refractivity contribution in [2.45, 2.75) is 62.3 Å². The van der Waals surface area contributed by atoms with Gasteiger partial charge < -0.3 is 20.4 Å². The number of aromatic nitrogens is 1. The van der Waals surface area contributed by atoms with Gasteiger partial charge in [0.25, 0.3) is 5.91 Å². The van der Waals surface area contributed by atoms with Crippen LogP contribution >= 0.6 is 0 Å². The number of sulfone groups is 1. The maximum absolute atomic E-state index is 13.4. The first-order valence-electron chi connectivity index (χ1n) is 13.3. The van der Waals surface area contributed by atoms with Gasteiger partial charge in [-0.2, -0.15) is 13.2 Å². The molecule has 3 N–H and O–H groups in total. The number of hydrogen-bond donors (Lipinski definition) is 3. The fourth-order valence-corrected chi connectivity index (χ4v) is 7.18. The standard InChI is InChI=1S/C29H34F3N3O5S/c1-18(2)34(3)22-12-13-25(20(15-22)17-41(39,40)23-10-5-4-6-11-23)35-26(36)16-24(28(35)38)33-27(37)19-8-7-9-21(14-19)29(30,31)32/h4-11,14,16,18,20,22,25,36,38H,12-13,15,17H2,1-3H3,(H,33,37)/t20-,22+,25-/m0/s1. The SMILES string of the molecule is CC(C)N(C)[C@@H]1CC[C@H](n2c(O)cc(NC(=O)c3cccc(C(F)(F)F)c3)c2O)[C@H](CS(=O)(=O)c2ccccc2)C1. The number of carbonyl (C=O) groups excluding carboxylic acids is 1. The summed E-state index contributed by atoms with van der Waals surface area (Å²) in [6, 6.07) is 12.7. The maximum atomic E-state index is 13.4. The molecule has 41 heavy (non-hydrogen) atoms. The first kappa shape index (κ1) is 30.4. The van der Waals surface area contributed by atoms with Crippen LogP contribution in [0.5, 0.6) is 11.8 Å². The predicted octanol–water partition coefficient (Wildman–Crippen LogP) is 5.69. The van der Waals surface area contributed by atoms with Crippen LogP contribution in [0.25, 0.3) is 0 Å². The zero-order valence-electron chi connectivity index (χ0n) is 23.0. The Hall–Kier alpha value is -3.51. The number of hydrogen-bond acceptors (Lipinski definition) is 6. The van der Waals surface area contributed by atoms with E-state index in [0.717, 1.165) is 18.2 Å². The zero-order valence-corrected chi connectivity index (χ0v) is 23.8. The Morgan fingerprint density at radius 1 is 1.07 bits per heavy atom. The molecule has 4 rings (SSSR count). The van der Waals surface area contributed by atoms with E-state index in [1.54, 1.807) is 18.2 Å². The smallest absolute Gasteiger partial charge is 0.416 e. The minimum atomic E-state index is -4.64. The van der Waals surface area contributed by atoms with Crippen molar-refractivity contribution in [1.29, 1.82) is 0 Å². The van der Waals surface area contributed by atoms with E-state index < -0.39 is 51.2 Å². The third-order valence-electron chi connectivity index (χ3n) is 7.86. The Labute approximate surface area is 237 Å². The molecule has 0 radical (unpaired) electrons. The van der Waals surface area contributed by atoms with Crippen molar-refractivity contribution in [3.63, 3.8) is 0 Å². The summed E-state index contributed by atoms with van der Waals surface area (Å²) in [5, 5.41) is 24.3. The first-order valence-corrected chi connectivity index (χ1v) is 15.0. The van der Waals surface area contributed by atoms with E-state index in [1.807, 2.05) is 20.9 Å². The van der Waals surface area contributed by atoms with E-state index >= 15 is 0 Å². The zero-order chi connectivity index (χ0) is 30.1. The number of carbonyl (C=O) groups is 1. The fraction of sp³-hybridized carbons (Fsp3) is 0.414. The van der Waals surface area contributed by atoms with Gasteiger partial charge in [-0.1, -0.05) is 24.3 Å². The van der Waals surface area contributed by atoms with Crippen molar-refractivity contribution in [2.75, 3.05) is 18.1 Å². The number of anilines is 1. The van der Waals surface area contributed by atoms with E-state index in [-0.39, 0.29) is 34.0 Å². The van der Waals surface area contributed by atoms with Crippen LogP contribution in [0.2, 0.25) is 0 Å². The lowest BCUT2D eigenvalue weighted by Crippen LogP contribution is -2.44. The van der Waals surface area contributed by atoms with Gasteiger partial charge in [-0.25, -0.2) is 8.42 Å². The largest absolute Gasteiger partial charge is 0.494 e. The van der Waals surface area contributed by atoms with Gasteiger partial charge in [-0.05, 0) is 76.4 Å². The highest BCUT2D eigenvalue weighted by atomic mass is 32.2. The Balaban J connectivity index is 1.64. The molecular formula is C29H34F3N3O5S. The number of nitrogens with zero attached hydrogens (tertiary/aromatic N) is 2. The van der Waals surface area contributed by atoms with E-state index in [9.17, 15) is 36.6 Å². The number of aromatic hydroxyl groups is 2. The number of amides is 1. The molecule has 1 aliphatic rings. The summed E-state index contributed by atoms with van der Waals surface area (Å²) in [6.45, 7) is 4.09. The van der Waals surface area contributed by atoms with Crippen LogP contribution in [0.4, 0.5) is 18.9 Å². The Kier molecular flexibility index (Phi) is 8.74. The van der Waals surface area contributed by atoms with Gasteiger partial charge in [0.2, 0.25) is 5.88 Å². The number of rotatable bonds is 8. The lowest BCUT2D eigenvalue weighted by Gasteiger charge is -2.42. The minimum absolute atomic E-state index is 0.0714. The van der Waals surface area contributed by atoms with Crippen LogP contribution in [0.3, 0.4) is 0 Å². The van der Waals surface area contributed by atoms with E-state index in [1.165, 1.54) is 22.8 Å². The van der Waals surface area contributed by atoms with Crippen molar-refractivity contribution >= 4 is 21.4 Å². The van der Waals surface area contributed by atoms with Crippen LogP contribution < -0.4 is 5.32 Å². The lowest BCUT2D eigenvalue weighted by molar-refractivity contribution is -0.137. The number of halogens is 3. The third kappa shape index (κ3) is 6.70. The van der Waals surface area contributed by atoms with E-state index in [4.69, 9.17) is 0 Å². The summed E-state index contributed by atoms with van der Waals surface area (Å²) in [5.74, 6) is -2.55. The summed E-state index contributed by atoms with van der Waals surface area (Å²) in [5.41, 5.74) is -1.48. The van der Waals surface area contributed by atoms with Gasteiger partial charge in [0, 0.05) is 29.8 Å². The Morgan fingerprint density at radius 3 is 2.39 bits per heavy atom. The average molecular weight is 594 g/mol. The molecule has 3 atom stereocenters. The van der Waals surface area contributed by atoms with Crippen molar-refractivity contribution < 1.29 is 36.6 Å². The van der Waals surface area contributed by atoms with Crippen molar-refractivity contribution in [1.82, 2.24) is 9.47 Å². The molecule has 1 heterocycles.